The Labute approximate surface area is 162 Å². The fourth-order valence-electron chi connectivity index (χ4n) is 3.29. The molecular weight excluding hydrogens is 358 g/mol. The largest absolute Gasteiger partial charge is 0.462 e. The first-order valence-electron chi connectivity index (χ1n) is 9.31. The predicted octanol–water partition coefficient (Wildman–Crippen LogP) is 2.97. The minimum atomic E-state index is -0.372. The molecule has 0 spiro atoms. The normalized spacial score (nSPS) is 14.3. The Morgan fingerprint density at radius 1 is 1.11 bits per heavy atom. The second kappa shape index (κ2) is 7.72. The third-order valence-electron chi connectivity index (χ3n) is 4.79. The number of fused-ring (bicyclic) bond motifs is 1. The van der Waals surface area contributed by atoms with Crippen molar-refractivity contribution in [2.45, 2.75) is 6.92 Å². The van der Waals surface area contributed by atoms with Crippen molar-refractivity contribution < 1.29 is 18.7 Å². The van der Waals surface area contributed by atoms with E-state index in [-0.39, 0.29) is 11.9 Å². The van der Waals surface area contributed by atoms with Crippen LogP contribution >= 0.6 is 0 Å². The number of anilines is 1. The van der Waals surface area contributed by atoms with E-state index in [1.807, 2.05) is 30.3 Å². The fourth-order valence-corrected chi connectivity index (χ4v) is 3.29. The quantitative estimate of drug-likeness (QED) is 0.649. The Bertz CT molecular complexity index is 955. The van der Waals surface area contributed by atoms with Gasteiger partial charge in [-0.3, -0.25) is 4.79 Å². The summed E-state index contributed by atoms with van der Waals surface area (Å²) in [5.74, 6) is 0.680. The highest BCUT2D eigenvalue weighted by Gasteiger charge is 2.25. The molecule has 1 saturated heterocycles. The molecule has 1 fully saturated rings. The van der Waals surface area contributed by atoms with E-state index < -0.39 is 0 Å². The molecule has 0 radical (unpaired) electrons. The average Bonchev–Trinajstić information content (AvgIpc) is 3.18. The third kappa shape index (κ3) is 3.55. The zero-order valence-electron chi connectivity index (χ0n) is 15.6. The number of hydrogen-bond donors (Lipinski definition) is 0. The zero-order valence-corrected chi connectivity index (χ0v) is 15.6. The molecule has 4 rings (SSSR count). The molecule has 144 valence electrons. The Morgan fingerprint density at radius 2 is 1.89 bits per heavy atom. The van der Waals surface area contributed by atoms with Crippen LogP contribution in [0, 0.1) is 0 Å². The van der Waals surface area contributed by atoms with Crippen molar-refractivity contribution >= 4 is 28.7 Å². The molecule has 1 aliphatic heterocycles. The number of para-hydroxylation sites is 1. The van der Waals surface area contributed by atoms with Gasteiger partial charge in [-0.05, 0) is 31.2 Å². The van der Waals surface area contributed by atoms with Gasteiger partial charge < -0.3 is 19.0 Å². The number of carbonyl (C=O) groups is 2. The van der Waals surface area contributed by atoms with Crippen LogP contribution in [0.2, 0.25) is 0 Å². The topological polar surface area (TPSA) is 75.9 Å². The van der Waals surface area contributed by atoms with Crippen LogP contribution in [0.3, 0.4) is 0 Å². The first-order chi connectivity index (χ1) is 13.7. The van der Waals surface area contributed by atoms with Crippen LogP contribution in [0.5, 0.6) is 0 Å². The minimum absolute atomic E-state index is 0.0959. The van der Waals surface area contributed by atoms with Crippen molar-refractivity contribution in [2.24, 2.45) is 0 Å². The maximum Gasteiger partial charge on any atom is 0.339 e. The van der Waals surface area contributed by atoms with Crippen LogP contribution in [0.15, 0.2) is 53.1 Å². The van der Waals surface area contributed by atoms with Gasteiger partial charge >= 0.3 is 5.97 Å². The molecule has 3 heterocycles. The number of piperazine rings is 1. The summed E-state index contributed by atoms with van der Waals surface area (Å²) in [6, 6.07) is 12.9. The predicted molar refractivity (Wildman–Crippen MR) is 105 cm³/mol. The van der Waals surface area contributed by atoms with E-state index in [4.69, 9.17) is 9.15 Å². The summed E-state index contributed by atoms with van der Waals surface area (Å²) in [6.45, 7) is 4.59. The Morgan fingerprint density at radius 3 is 2.57 bits per heavy atom. The molecule has 1 aromatic carbocycles. The highest BCUT2D eigenvalue weighted by Crippen LogP contribution is 2.21. The highest BCUT2D eigenvalue weighted by atomic mass is 16.5. The van der Waals surface area contributed by atoms with Gasteiger partial charge in [0.25, 0.3) is 5.91 Å². The summed E-state index contributed by atoms with van der Waals surface area (Å²) < 4.78 is 10.7. The zero-order chi connectivity index (χ0) is 19.5. The Balaban J connectivity index is 1.38. The summed E-state index contributed by atoms with van der Waals surface area (Å²) >= 11 is 0. The lowest BCUT2D eigenvalue weighted by atomic mass is 10.2. The smallest absolute Gasteiger partial charge is 0.339 e. The van der Waals surface area contributed by atoms with E-state index in [1.54, 1.807) is 24.0 Å². The molecule has 28 heavy (non-hydrogen) atoms. The van der Waals surface area contributed by atoms with Gasteiger partial charge in [0.05, 0.1) is 12.2 Å². The average molecular weight is 379 g/mol. The van der Waals surface area contributed by atoms with Gasteiger partial charge in [-0.15, -0.1) is 0 Å². The Kier molecular flexibility index (Phi) is 4.97. The second-order valence-corrected chi connectivity index (χ2v) is 6.55. The molecule has 7 nitrogen and oxygen atoms in total. The van der Waals surface area contributed by atoms with E-state index in [1.165, 1.54) is 6.20 Å². The van der Waals surface area contributed by atoms with Crippen molar-refractivity contribution in [3.63, 3.8) is 0 Å². The lowest BCUT2D eigenvalue weighted by Crippen LogP contribution is -2.49. The third-order valence-corrected chi connectivity index (χ3v) is 4.79. The molecule has 3 aromatic rings. The Hall–Kier alpha value is -3.35. The van der Waals surface area contributed by atoms with Crippen molar-refractivity contribution in [1.82, 2.24) is 9.88 Å². The highest BCUT2D eigenvalue weighted by molar-refractivity contribution is 5.96. The summed E-state index contributed by atoms with van der Waals surface area (Å²) in [5, 5.41) is 0.926. The number of furan rings is 1. The molecule has 0 bridgehead atoms. The molecule has 0 N–H and O–H groups in total. The van der Waals surface area contributed by atoms with E-state index in [9.17, 15) is 9.59 Å². The van der Waals surface area contributed by atoms with Crippen molar-refractivity contribution in [2.75, 3.05) is 37.7 Å². The first kappa shape index (κ1) is 18.0. The minimum Gasteiger partial charge on any atom is -0.462 e. The number of amides is 1. The lowest BCUT2D eigenvalue weighted by molar-refractivity contribution is 0.0525. The SMILES string of the molecule is CCOC(=O)c1ccc(N2CCN(C(=O)c3cc4ccccc4o3)CC2)nc1. The van der Waals surface area contributed by atoms with Crippen molar-refractivity contribution in [3.05, 3.63) is 60.0 Å². The molecule has 0 unspecified atom stereocenters. The number of aromatic nitrogens is 1. The van der Waals surface area contributed by atoms with Gasteiger partial charge in [0.2, 0.25) is 0 Å². The number of rotatable bonds is 4. The molecule has 0 saturated carbocycles. The van der Waals surface area contributed by atoms with Crippen LogP contribution in [-0.4, -0.2) is 54.5 Å². The van der Waals surface area contributed by atoms with E-state index in [2.05, 4.69) is 9.88 Å². The molecule has 1 aliphatic rings. The monoisotopic (exact) mass is 379 g/mol. The maximum absolute atomic E-state index is 12.7. The van der Waals surface area contributed by atoms with Gasteiger partial charge in [-0.25, -0.2) is 9.78 Å². The number of esters is 1. The molecule has 7 heteroatoms. The van der Waals surface area contributed by atoms with Crippen molar-refractivity contribution in [1.29, 1.82) is 0 Å². The van der Waals surface area contributed by atoms with Gasteiger partial charge in [-0.1, -0.05) is 18.2 Å². The molecule has 1 amide bonds. The summed E-state index contributed by atoms with van der Waals surface area (Å²) in [7, 11) is 0. The van der Waals surface area contributed by atoms with E-state index in [0.717, 1.165) is 16.8 Å². The van der Waals surface area contributed by atoms with E-state index in [0.29, 0.717) is 44.1 Å². The standard InChI is InChI=1S/C21H21N3O4/c1-2-27-21(26)16-7-8-19(22-14-16)23-9-11-24(12-10-23)20(25)18-13-15-5-3-4-6-17(15)28-18/h3-8,13-14H,2,9-12H2,1H3. The number of hydrogen-bond acceptors (Lipinski definition) is 6. The number of nitrogens with zero attached hydrogens (tertiary/aromatic N) is 3. The second-order valence-electron chi connectivity index (χ2n) is 6.55. The molecular formula is C21H21N3O4. The van der Waals surface area contributed by atoms with Crippen molar-refractivity contribution in [3.8, 4) is 0 Å². The van der Waals surface area contributed by atoms with Crippen LogP contribution in [0.1, 0.15) is 27.8 Å². The maximum atomic E-state index is 12.7. The fraction of sp³-hybridized carbons (Fsp3) is 0.286. The summed E-state index contributed by atoms with van der Waals surface area (Å²) in [4.78, 5) is 32.7. The number of benzene rings is 1. The van der Waals surface area contributed by atoms with E-state index >= 15 is 0 Å². The first-order valence-corrected chi connectivity index (χ1v) is 9.31. The van der Waals surface area contributed by atoms with Crippen LogP contribution < -0.4 is 4.90 Å². The van der Waals surface area contributed by atoms with Gasteiger partial charge in [0, 0.05) is 37.8 Å². The summed E-state index contributed by atoms with van der Waals surface area (Å²) in [5.41, 5.74) is 1.15. The number of pyridine rings is 1. The van der Waals surface area contributed by atoms with Crippen LogP contribution in [0.4, 0.5) is 5.82 Å². The van der Waals surface area contributed by atoms with Crippen LogP contribution in [-0.2, 0) is 4.74 Å². The summed E-state index contributed by atoms with van der Waals surface area (Å²) in [6.07, 6.45) is 1.53. The molecule has 0 aliphatic carbocycles. The van der Waals surface area contributed by atoms with Gasteiger partial charge in [-0.2, -0.15) is 0 Å². The molecule has 2 aromatic heterocycles. The number of carbonyl (C=O) groups excluding carboxylic acids is 2. The van der Waals surface area contributed by atoms with Gasteiger partial charge in [0.1, 0.15) is 11.4 Å². The van der Waals surface area contributed by atoms with Gasteiger partial charge in [0.15, 0.2) is 5.76 Å². The molecule has 0 atom stereocenters. The van der Waals surface area contributed by atoms with Crippen LogP contribution in [0.25, 0.3) is 11.0 Å². The lowest BCUT2D eigenvalue weighted by Gasteiger charge is -2.35. The number of ether oxygens (including phenoxy) is 1.